The molecule has 0 aliphatic heterocycles. The summed E-state index contributed by atoms with van der Waals surface area (Å²) in [6.07, 6.45) is 0. The van der Waals surface area contributed by atoms with Gasteiger partial charge in [0.2, 0.25) is 5.88 Å². The number of hydrogen-bond donors (Lipinski definition) is 3. The van der Waals surface area contributed by atoms with Crippen molar-refractivity contribution in [2.45, 2.75) is 19.8 Å². The van der Waals surface area contributed by atoms with Crippen molar-refractivity contribution in [3.05, 3.63) is 32.6 Å². The number of hydrogen-bond acceptors (Lipinski definition) is 4. The molecular weight excluding hydrogens is 310 g/mol. The highest BCUT2D eigenvalue weighted by molar-refractivity contribution is 7.73. The average molecular weight is 323 g/mol. The molecular formula is C13H13N3OS3. The smallest absolute Gasteiger partial charge is 0.218 e. The van der Waals surface area contributed by atoms with Crippen LogP contribution in [0.3, 0.4) is 0 Å². The van der Waals surface area contributed by atoms with Gasteiger partial charge in [-0.15, -0.1) is 11.3 Å². The molecule has 0 aliphatic rings. The van der Waals surface area contributed by atoms with Crippen LogP contribution in [0.4, 0.5) is 0 Å². The molecule has 4 nitrogen and oxygen atoms in total. The van der Waals surface area contributed by atoms with E-state index in [2.05, 4.69) is 9.97 Å². The normalized spacial score (nSPS) is 11.6. The van der Waals surface area contributed by atoms with Crippen LogP contribution in [0.25, 0.3) is 15.9 Å². The van der Waals surface area contributed by atoms with Gasteiger partial charge in [0, 0.05) is 0 Å². The molecule has 2 aromatic heterocycles. The van der Waals surface area contributed by atoms with Crippen LogP contribution in [0.5, 0.6) is 5.88 Å². The highest BCUT2D eigenvalue weighted by Crippen LogP contribution is 2.30. The van der Waals surface area contributed by atoms with Crippen LogP contribution in [-0.4, -0.2) is 19.6 Å². The molecule has 0 radical (unpaired) electrons. The fourth-order valence-electron chi connectivity index (χ4n) is 2.16. The Morgan fingerprint density at radius 1 is 1.25 bits per heavy atom. The Morgan fingerprint density at radius 2 is 2.00 bits per heavy atom. The fraction of sp³-hybridized carbons (Fsp3) is 0.231. The molecule has 0 amide bonds. The van der Waals surface area contributed by atoms with Gasteiger partial charge in [-0.3, -0.25) is 4.57 Å². The molecule has 0 spiro atoms. The van der Waals surface area contributed by atoms with E-state index < -0.39 is 0 Å². The van der Waals surface area contributed by atoms with E-state index in [0.717, 1.165) is 25.6 Å². The van der Waals surface area contributed by atoms with E-state index in [1.54, 1.807) is 4.57 Å². The van der Waals surface area contributed by atoms with E-state index in [4.69, 9.17) is 24.4 Å². The Hall–Kier alpha value is -1.44. The number of H-pyrrole nitrogens is 2. The summed E-state index contributed by atoms with van der Waals surface area (Å²) in [5.74, 6) is 0.347. The topological polar surface area (TPSA) is 56.7 Å². The van der Waals surface area contributed by atoms with Crippen molar-refractivity contribution < 1.29 is 5.11 Å². The summed E-state index contributed by atoms with van der Waals surface area (Å²) in [7, 11) is 0. The summed E-state index contributed by atoms with van der Waals surface area (Å²) in [4.78, 5) is 6.18. The molecule has 1 aromatic carbocycles. The summed E-state index contributed by atoms with van der Waals surface area (Å²) in [6, 6.07) is 5.83. The number of aromatic hydroxyl groups is 1. The van der Waals surface area contributed by atoms with E-state index in [-0.39, 0.29) is 11.8 Å². The summed E-state index contributed by atoms with van der Waals surface area (Å²) in [5.41, 5.74) is 2.57. The minimum atomic E-state index is 0.170. The first-order chi connectivity index (χ1) is 9.47. The quantitative estimate of drug-likeness (QED) is 0.602. The maximum absolute atomic E-state index is 10.4. The lowest BCUT2D eigenvalue weighted by Crippen LogP contribution is -1.94. The highest BCUT2D eigenvalue weighted by atomic mass is 32.1. The molecule has 3 aromatic rings. The lowest BCUT2D eigenvalue weighted by atomic mass is 10.1. The predicted molar refractivity (Wildman–Crippen MR) is 87.3 cm³/mol. The summed E-state index contributed by atoms with van der Waals surface area (Å²) in [5, 5.41) is 10.4. The molecule has 3 rings (SSSR count). The fourth-order valence-corrected chi connectivity index (χ4v) is 3.61. The van der Waals surface area contributed by atoms with Gasteiger partial charge in [0.1, 0.15) is 0 Å². The lowest BCUT2D eigenvalue weighted by molar-refractivity contribution is 0.432. The minimum Gasteiger partial charge on any atom is -0.493 e. The van der Waals surface area contributed by atoms with Crippen molar-refractivity contribution >= 4 is 46.0 Å². The SMILES string of the molecule is CC(C)c1[nH]c(=S)n(-c2ccc3[nH]c(=S)sc3c2)c1O. The Bertz CT molecular complexity index is 898. The van der Waals surface area contributed by atoms with Crippen molar-refractivity contribution in [1.82, 2.24) is 14.5 Å². The van der Waals surface area contributed by atoms with Crippen LogP contribution in [0, 0.1) is 8.73 Å². The van der Waals surface area contributed by atoms with Gasteiger partial charge >= 0.3 is 0 Å². The number of aromatic amines is 2. The number of fused-ring (bicyclic) bond motifs is 1. The van der Waals surface area contributed by atoms with Crippen molar-refractivity contribution in [3.8, 4) is 11.6 Å². The minimum absolute atomic E-state index is 0.170. The van der Waals surface area contributed by atoms with E-state index in [9.17, 15) is 5.11 Å². The molecule has 3 N–H and O–H groups in total. The van der Waals surface area contributed by atoms with E-state index in [0.29, 0.717) is 4.77 Å². The summed E-state index contributed by atoms with van der Waals surface area (Å²) in [6.45, 7) is 4.01. The molecule has 20 heavy (non-hydrogen) atoms. The van der Waals surface area contributed by atoms with Gasteiger partial charge in [-0.2, -0.15) is 0 Å². The molecule has 0 bridgehead atoms. The van der Waals surface area contributed by atoms with Crippen LogP contribution >= 0.6 is 35.8 Å². The molecule has 7 heteroatoms. The first-order valence-electron chi connectivity index (χ1n) is 6.14. The van der Waals surface area contributed by atoms with Crippen LogP contribution in [0.15, 0.2) is 18.2 Å². The summed E-state index contributed by atoms with van der Waals surface area (Å²) < 4.78 is 3.92. The van der Waals surface area contributed by atoms with Gasteiger partial charge in [0.15, 0.2) is 8.73 Å². The Kier molecular flexibility index (Phi) is 3.27. The van der Waals surface area contributed by atoms with Gasteiger partial charge < -0.3 is 15.1 Å². The van der Waals surface area contributed by atoms with Gasteiger partial charge in [-0.25, -0.2) is 0 Å². The zero-order chi connectivity index (χ0) is 14.4. The van der Waals surface area contributed by atoms with Gasteiger partial charge in [0.25, 0.3) is 0 Å². The Labute approximate surface area is 129 Å². The van der Waals surface area contributed by atoms with Gasteiger partial charge in [0.05, 0.1) is 21.6 Å². The van der Waals surface area contributed by atoms with Crippen LogP contribution in [0.2, 0.25) is 0 Å². The molecule has 0 unspecified atom stereocenters. The zero-order valence-electron chi connectivity index (χ0n) is 10.9. The monoisotopic (exact) mass is 323 g/mol. The van der Waals surface area contributed by atoms with Crippen molar-refractivity contribution in [3.63, 3.8) is 0 Å². The molecule has 0 saturated heterocycles. The number of thiazole rings is 1. The highest BCUT2D eigenvalue weighted by Gasteiger charge is 2.15. The maximum Gasteiger partial charge on any atom is 0.218 e. The van der Waals surface area contributed by atoms with Crippen molar-refractivity contribution in [1.29, 1.82) is 0 Å². The lowest BCUT2D eigenvalue weighted by Gasteiger charge is -2.06. The third-order valence-electron chi connectivity index (χ3n) is 3.14. The Balaban J connectivity index is 2.25. The summed E-state index contributed by atoms with van der Waals surface area (Å²) >= 11 is 12.0. The van der Waals surface area contributed by atoms with Crippen molar-refractivity contribution in [2.24, 2.45) is 0 Å². The standard InChI is InChI=1S/C13H13N3OS3/c1-6(2)10-11(17)16(12(18)15-10)7-3-4-8-9(5-7)20-13(19)14-8/h3-6,17H,1-2H3,(H,14,19)(H,15,18). The number of imidazole rings is 1. The zero-order valence-corrected chi connectivity index (χ0v) is 13.4. The predicted octanol–water partition coefficient (Wildman–Crippen LogP) is 4.64. The number of nitrogens with zero attached hydrogens (tertiary/aromatic N) is 1. The van der Waals surface area contributed by atoms with Crippen LogP contribution < -0.4 is 0 Å². The molecule has 0 atom stereocenters. The van der Waals surface area contributed by atoms with Gasteiger partial charge in [-0.05, 0) is 48.6 Å². The third kappa shape index (κ3) is 2.11. The van der Waals surface area contributed by atoms with Gasteiger partial charge in [-0.1, -0.05) is 13.8 Å². The average Bonchev–Trinajstić information content (AvgIpc) is 2.88. The molecule has 104 valence electrons. The van der Waals surface area contributed by atoms with Crippen LogP contribution in [0.1, 0.15) is 25.5 Å². The van der Waals surface area contributed by atoms with Crippen molar-refractivity contribution in [2.75, 3.05) is 0 Å². The maximum atomic E-state index is 10.4. The number of nitrogens with one attached hydrogen (secondary N) is 2. The number of rotatable bonds is 2. The molecule has 0 fully saturated rings. The number of aromatic nitrogens is 3. The Morgan fingerprint density at radius 3 is 2.65 bits per heavy atom. The molecule has 0 aliphatic carbocycles. The van der Waals surface area contributed by atoms with E-state index in [1.165, 1.54) is 11.3 Å². The second kappa shape index (κ2) is 4.83. The van der Waals surface area contributed by atoms with E-state index >= 15 is 0 Å². The third-order valence-corrected chi connectivity index (χ3v) is 4.62. The first-order valence-corrected chi connectivity index (χ1v) is 7.78. The first kappa shape index (κ1) is 13.5. The van der Waals surface area contributed by atoms with E-state index in [1.807, 2.05) is 32.0 Å². The second-order valence-corrected chi connectivity index (χ2v) is 6.96. The second-order valence-electron chi connectivity index (χ2n) is 4.85. The molecule has 2 heterocycles. The number of benzene rings is 1. The van der Waals surface area contributed by atoms with Crippen LogP contribution in [-0.2, 0) is 0 Å². The molecule has 0 saturated carbocycles. The largest absolute Gasteiger partial charge is 0.493 e.